The molecule has 0 radical (unpaired) electrons. The van der Waals surface area contributed by atoms with Crippen LogP contribution in [0.1, 0.15) is 64.7 Å². The van der Waals surface area contributed by atoms with Gasteiger partial charge in [0.15, 0.2) is 12.3 Å². The molecule has 45 heavy (non-hydrogen) atoms. The Morgan fingerprint density at radius 3 is 2.20 bits per heavy atom. The minimum atomic E-state index is -1.93. The number of amides is 2. The molecule has 3 heterocycles. The van der Waals surface area contributed by atoms with Gasteiger partial charge in [-0.15, -0.1) is 0 Å². The molecule has 2 spiro atoms. The Bertz CT molecular complexity index is 1590. The summed E-state index contributed by atoms with van der Waals surface area (Å²) >= 11 is 0. The monoisotopic (exact) mass is 620 g/mol. The van der Waals surface area contributed by atoms with Gasteiger partial charge in [0.05, 0.1) is 17.6 Å². The van der Waals surface area contributed by atoms with E-state index in [1.807, 2.05) is 0 Å². The highest BCUT2D eigenvalue weighted by atomic mass is 16.6. The van der Waals surface area contributed by atoms with Crippen molar-refractivity contribution >= 4 is 41.3 Å². The third kappa shape index (κ3) is 4.18. The standard InChI is InChI=1S/C33H36N2O10/c1-29(2,3)32(41)16-21-31(17-22(36)42-21)27(39)44-26-33(31,32)23(43-25(38)18-10-8-7-9-11-18)24(37)35(26)20-14-12-19(13-15-20)34-28(40)45-30(4,5)6/h7-15,21,23,26,41H,16-17H2,1-6H3,(H,34,40)/t21-,23-,26-,31-,32+,33+/m0/s1. The molecule has 2 amide bonds. The van der Waals surface area contributed by atoms with E-state index in [-0.39, 0.29) is 17.7 Å². The molecule has 1 aliphatic carbocycles. The zero-order valence-corrected chi connectivity index (χ0v) is 25.9. The fourth-order valence-corrected chi connectivity index (χ4v) is 7.66. The third-order valence-electron chi connectivity index (χ3n) is 9.50. The summed E-state index contributed by atoms with van der Waals surface area (Å²) in [5.74, 6) is -3.08. The summed E-state index contributed by atoms with van der Waals surface area (Å²) in [5, 5.41) is 15.4. The topological polar surface area (TPSA) is 158 Å². The maximum Gasteiger partial charge on any atom is 0.412 e. The van der Waals surface area contributed by atoms with E-state index in [0.717, 1.165) is 0 Å². The van der Waals surface area contributed by atoms with Crippen LogP contribution in [0, 0.1) is 16.2 Å². The Hall–Kier alpha value is -4.45. The van der Waals surface area contributed by atoms with Crippen LogP contribution in [-0.2, 0) is 33.3 Å². The number of hydrogen-bond donors (Lipinski definition) is 2. The maximum atomic E-state index is 14.6. The quantitative estimate of drug-likeness (QED) is 0.379. The van der Waals surface area contributed by atoms with E-state index in [9.17, 15) is 29.1 Å². The Kier molecular flexibility index (Phi) is 6.64. The average molecular weight is 621 g/mol. The molecule has 3 aliphatic heterocycles. The summed E-state index contributed by atoms with van der Waals surface area (Å²) in [6, 6.07) is 14.1. The van der Waals surface area contributed by atoms with Crippen LogP contribution in [0.25, 0.3) is 0 Å². The largest absolute Gasteiger partial charge is 0.461 e. The zero-order valence-electron chi connectivity index (χ0n) is 25.9. The van der Waals surface area contributed by atoms with Gasteiger partial charge in [0, 0.05) is 17.8 Å². The zero-order chi connectivity index (χ0) is 32.7. The van der Waals surface area contributed by atoms with Gasteiger partial charge in [-0.05, 0) is 62.6 Å². The summed E-state index contributed by atoms with van der Waals surface area (Å²) in [5.41, 5.74) is -6.60. The van der Waals surface area contributed by atoms with Crippen molar-refractivity contribution in [2.24, 2.45) is 16.2 Å². The number of anilines is 2. The normalized spacial score (nSPS) is 31.9. The van der Waals surface area contributed by atoms with Gasteiger partial charge in [-0.3, -0.25) is 24.6 Å². The maximum absolute atomic E-state index is 14.6. The Labute approximate surface area is 259 Å². The Morgan fingerprint density at radius 1 is 0.956 bits per heavy atom. The first kappa shape index (κ1) is 30.6. The molecule has 2 aromatic carbocycles. The molecule has 2 aromatic rings. The highest BCUT2D eigenvalue weighted by molar-refractivity contribution is 6.07. The molecular weight excluding hydrogens is 584 g/mol. The van der Waals surface area contributed by atoms with Crippen molar-refractivity contribution < 1.29 is 48.0 Å². The molecule has 1 saturated carbocycles. The lowest BCUT2D eigenvalue weighted by atomic mass is 9.52. The Morgan fingerprint density at radius 2 is 1.60 bits per heavy atom. The van der Waals surface area contributed by atoms with Crippen molar-refractivity contribution in [1.29, 1.82) is 0 Å². The second kappa shape index (κ2) is 9.77. The van der Waals surface area contributed by atoms with Gasteiger partial charge in [-0.1, -0.05) is 39.0 Å². The molecule has 3 saturated heterocycles. The van der Waals surface area contributed by atoms with Gasteiger partial charge in [0.2, 0.25) is 0 Å². The molecule has 4 fully saturated rings. The number of esters is 3. The first-order chi connectivity index (χ1) is 21.0. The number of rotatable bonds is 4. The van der Waals surface area contributed by atoms with Crippen LogP contribution in [0.15, 0.2) is 54.6 Å². The smallest absolute Gasteiger partial charge is 0.412 e. The van der Waals surface area contributed by atoms with Gasteiger partial charge >= 0.3 is 24.0 Å². The summed E-state index contributed by atoms with van der Waals surface area (Å²) < 4.78 is 22.9. The predicted octanol–water partition coefficient (Wildman–Crippen LogP) is 3.96. The number of carbonyl (C=O) groups is 5. The fourth-order valence-electron chi connectivity index (χ4n) is 7.66. The van der Waals surface area contributed by atoms with Gasteiger partial charge in [-0.2, -0.15) is 0 Å². The van der Waals surface area contributed by atoms with E-state index in [4.69, 9.17) is 18.9 Å². The van der Waals surface area contributed by atoms with E-state index < -0.39 is 82.2 Å². The van der Waals surface area contributed by atoms with Gasteiger partial charge in [0.25, 0.3) is 5.91 Å². The highest BCUT2D eigenvalue weighted by Gasteiger charge is 2.93. The van der Waals surface area contributed by atoms with Crippen LogP contribution < -0.4 is 10.2 Å². The lowest BCUT2D eigenvalue weighted by Gasteiger charge is -2.51. The minimum Gasteiger partial charge on any atom is -0.461 e. The van der Waals surface area contributed by atoms with E-state index in [1.165, 1.54) is 41.3 Å². The summed E-state index contributed by atoms with van der Waals surface area (Å²) in [4.78, 5) is 68.4. The van der Waals surface area contributed by atoms with E-state index in [0.29, 0.717) is 5.69 Å². The van der Waals surface area contributed by atoms with Crippen LogP contribution in [0.3, 0.4) is 0 Å². The van der Waals surface area contributed by atoms with Crippen LogP contribution in [0.2, 0.25) is 0 Å². The van der Waals surface area contributed by atoms with Crippen LogP contribution in [0.4, 0.5) is 16.2 Å². The number of nitrogens with zero attached hydrogens (tertiary/aromatic N) is 1. The summed E-state index contributed by atoms with van der Waals surface area (Å²) in [7, 11) is 0. The molecule has 0 bridgehead atoms. The molecule has 6 rings (SSSR count). The van der Waals surface area contributed by atoms with Crippen LogP contribution >= 0.6 is 0 Å². The van der Waals surface area contributed by atoms with Crippen molar-refractivity contribution in [3.63, 3.8) is 0 Å². The first-order valence-electron chi connectivity index (χ1n) is 14.8. The molecule has 12 heteroatoms. The number of carbonyl (C=O) groups excluding carboxylic acids is 5. The third-order valence-corrected chi connectivity index (χ3v) is 9.50. The average Bonchev–Trinajstić information content (AvgIpc) is 3.55. The van der Waals surface area contributed by atoms with Gasteiger partial charge in [-0.25, -0.2) is 9.59 Å². The minimum absolute atomic E-state index is 0.154. The number of hydrogen-bond acceptors (Lipinski definition) is 10. The molecule has 4 aliphatic rings. The Balaban J connectivity index is 1.48. The summed E-state index contributed by atoms with van der Waals surface area (Å²) in [6.07, 6.45) is -5.61. The van der Waals surface area contributed by atoms with Crippen molar-refractivity contribution in [1.82, 2.24) is 0 Å². The van der Waals surface area contributed by atoms with Crippen molar-refractivity contribution in [3.05, 3.63) is 60.2 Å². The van der Waals surface area contributed by atoms with Crippen LogP contribution in [-0.4, -0.2) is 64.7 Å². The lowest BCUT2D eigenvalue weighted by molar-refractivity contribution is -0.204. The number of nitrogens with one attached hydrogen (secondary N) is 1. The number of aliphatic hydroxyl groups is 1. The highest BCUT2D eigenvalue weighted by Crippen LogP contribution is 2.76. The second-order valence-electron chi connectivity index (χ2n) is 14.1. The van der Waals surface area contributed by atoms with Crippen molar-refractivity contribution in [2.75, 3.05) is 10.2 Å². The molecule has 12 nitrogen and oxygen atoms in total. The fraction of sp³-hybridized carbons (Fsp3) is 0.485. The SMILES string of the molecule is CC(C)(C)OC(=O)Nc1ccc(N2C(=O)[C@H](OC(=O)c3ccccc3)[C@@]34[C@@H]2OC(=O)[C@@]32CC(=O)O[C@H]2C[C@@]4(O)C(C)(C)C)cc1. The second-order valence-corrected chi connectivity index (χ2v) is 14.1. The molecule has 0 unspecified atom stereocenters. The van der Waals surface area contributed by atoms with Crippen molar-refractivity contribution in [2.45, 2.75) is 84.0 Å². The molecule has 238 valence electrons. The van der Waals surface area contributed by atoms with E-state index in [2.05, 4.69) is 5.32 Å². The summed E-state index contributed by atoms with van der Waals surface area (Å²) in [6.45, 7) is 10.4. The lowest BCUT2D eigenvalue weighted by Crippen LogP contribution is -2.66. The van der Waals surface area contributed by atoms with Crippen LogP contribution in [0.5, 0.6) is 0 Å². The molecule has 6 atom stereocenters. The molecule has 0 aromatic heterocycles. The molecular formula is C33H36N2O10. The van der Waals surface area contributed by atoms with E-state index in [1.54, 1.807) is 59.7 Å². The van der Waals surface area contributed by atoms with Gasteiger partial charge in [0.1, 0.15) is 22.5 Å². The predicted molar refractivity (Wildman–Crippen MR) is 158 cm³/mol. The van der Waals surface area contributed by atoms with E-state index >= 15 is 0 Å². The molecule has 2 N–H and O–H groups in total. The number of ether oxygens (including phenoxy) is 4. The van der Waals surface area contributed by atoms with Gasteiger partial charge < -0.3 is 24.1 Å². The van der Waals surface area contributed by atoms with Crippen molar-refractivity contribution in [3.8, 4) is 0 Å². The number of benzene rings is 2. The first-order valence-corrected chi connectivity index (χ1v) is 14.8.